The number of benzene rings is 2. The summed E-state index contributed by atoms with van der Waals surface area (Å²) in [6.45, 7) is 0.492. The largest absolute Gasteiger partial charge is 0.511 e. The molecule has 0 radical (unpaired) electrons. The summed E-state index contributed by atoms with van der Waals surface area (Å²) in [6.07, 6.45) is 1.60. The van der Waals surface area contributed by atoms with Crippen LogP contribution in [0.1, 0.15) is 11.1 Å². The van der Waals surface area contributed by atoms with Gasteiger partial charge in [-0.2, -0.15) is 0 Å². The third-order valence-corrected chi connectivity index (χ3v) is 2.74. The lowest BCUT2D eigenvalue weighted by molar-refractivity contribution is 0.306. The van der Waals surface area contributed by atoms with Crippen molar-refractivity contribution in [1.29, 1.82) is 0 Å². The van der Waals surface area contributed by atoms with E-state index < -0.39 is 0 Å². The van der Waals surface area contributed by atoms with Crippen LogP contribution in [0.15, 0.2) is 54.3 Å². The predicted molar refractivity (Wildman–Crippen MR) is 76.8 cm³/mol. The lowest BCUT2D eigenvalue weighted by Crippen LogP contribution is -2.01. The second kappa shape index (κ2) is 6.73. The quantitative estimate of drug-likeness (QED) is 0.822. The fourth-order valence-electron chi connectivity index (χ4n) is 1.66. The van der Waals surface area contributed by atoms with Crippen LogP contribution >= 0.6 is 0 Å². The molecule has 0 aliphatic carbocycles. The summed E-state index contributed by atoms with van der Waals surface area (Å²) in [6, 6.07) is 13.4. The summed E-state index contributed by atoms with van der Waals surface area (Å²) < 4.78 is 18.3. The van der Waals surface area contributed by atoms with E-state index in [0.29, 0.717) is 12.4 Å². The van der Waals surface area contributed by atoms with Crippen molar-refractivity contribution in [3.63, 3.8) is 0 Å². The Hall–Kier alpha value is -2.33. The number of aliphatic hydroxyl groups excluding tert-OH is 1. The highest BCUT2D eigenvalue weighted by Crippen LogP contribution is 2.16. The standard InChI is InChI=1S/C16H16FNO2/c17-14-5-1-13(2-6-14)11-20-16-7-3-12(4-8-16)9-15(19)10-18/h1-9,19H,10-11,18H2. The van der Waals surface area contributed by atoms with Crippen molar-refractivity contribution in [3.05, 3.63) is 71.2 Å². The number of ether oxygens (including phenoxy) is 1. The van der Waals surface area contributed by atoms with Crippen LogP contribution in [0.25, 0.3) is 6.08 Å². The first-order valence-corrected chi connectivity index (χ1v) is 6.24. The summed E-state index contributed by atoms with van der Waals surface area (Å²) in [5.41, 5.74) is 7.05. The second-order valence-electron chi connectivity index (χ2n) is 4.32. The molecular formula is C16H16FNO2. The van der Waals surface area contributed by atoms with Crippen molar-refractivity contribution in [2.45, 2.75) is 6.61 Å². The zero-order valence-corrected chi connectivity index (χ0v) is 10.9. The molecule has 2 aromatic rings. The minimum absolute atomic E-state index is 0.114. The second-order valence-corrected chi connectivity index (χ2v) is 4.32. The molecule has 0 aromatic heterocycles. The molecule has 4 heteroatoms. The van der Waals surface area contributed by atoms with E-state index in [9.17, 15) is 9.50 Å². The molecule has 0 aliphatic rings. The van der Waals surface area contributed by atoms with Crippen molar-refractivity contribution in [2.24, 2.45) is 5.73 Å². The minimum atomic E-state index is -0.260. The van der Waals surface area contributed by atoms with E-state index in [2.05, 4.69) is 0 Å². The van der Waals surface area contributed by atoms with Crippen LogP contribution in [0, 0.1) is 5.82 Å². The Morgan fingerprint density at radius 3 is 2.35 bits per heavy atom. The van der Waals surface area contributed by atoms with Crippen LogP contribution in [-0.2, 0) is 6.61 Å². The molecule has 0 amide bonds. The summed E-state index contributed by atoms with van der Waals surface area (Å²) >= 11 is 0. The zero-order valence-electron chi connectivity index (χ0n) is 10.9. The zero-order chi connectivity index (χ0) is 14.4. The minimum Gasteiger partial charge on any atom is -0.511 e. The molecule has 3 nitrogen and oxygen atoms in total. The highest BCUT2D eigenvalue weighted by Gasteiger charge is 1.98. The molecule has 0 spiro atoms. The number of hydrogen-bond acceptors (Lipinski definition) is 3. The Morgan fingerprint density at radius 1 is 1.10 bits per heavy atom. The van der Waals surface area contributed by atoms with E-state index >= 15 is 0 Å². The number of rotatable bonds is 5. The van der Waals surface area contributed by atoms with Gasteiger partial charge in [0.05, 0.1) is 6.54 Å². The molecule has 0 bridgehead atoms. The fraction of sp³-hybridized carbons (Fsp3) is 0.125. The maximum Gasteiger partial charge on any atom is 0.123 e. The SMILES string of the molecule is NCC(O)=Cc1ccc(OCc2ccc(F)cc2)cc1. The third kappa shape index (κ3) is 4.10. The smallest absolute Gasteiger partial charge is 0.123 e. The van der Waals surface area contributed by atoms with Crippen molar-refractivity contribution in [2.75, 3.05) is 6.54 Å². The first kappa shape index (κ1) is 14.1. The van der Waals surface area contributed by atoms with Crippen molar-refractivity contribution >= 4 is 6.08 Å². The lowest BCUT2D eigenvalue weighted by atomic mass is 10.2. The number of nitrogens with two attached hydrogens (primary N) is 1. The van der Waals surface area contributed by atoms with Crippen molar-refractivity contribution < 1.29 is 14.2 Å². The monoisotopic (exact) mass is 273 g/mol. The topological polar surface area (TPSA) is 55.5 Å². The molecule has 2 rings (SSSR count). The van der Waals surface area contributed by atoms with Crippen LogP contribution in [-0.4, -0.2) is 11.7 Å². The molecule has 0 fully saturated rings. The van der Waals surface area contributed by atoms with Gasteiger partial charge in [-0.05, 0) is 41.5 Å². The Morgan fingerprint density at radius 2 is 1.75 bits per heavy atom. The number of halogens is 1. The molecule has 2 aromatic carbocycles. The van der Waals surface area contributed by atoms with Gasteiger partial charge in [0.25, 0.3) is 0 Å². The molecule has 0 aliphatic heterocycles. The molecule has 20 heavy (non-hydrogen) atoms. The molecule has 104 valence electrons. The van der Waals surface area contributed by atoms with Gasteiger partial charge in [-0.3, -0.25) is 0 Å². The van der Waals surface area contributed by atoms with Crippen LogP contribution < -0.4 is 10.5 Å². The molecule has 0 unspecified atom stereocenters. The van der Waals surface area contributed by atoms with Crippen LogP contribution in [0.5, 0.6) is 5.75 Å². The van der Waals surface area contributed by atoms with Gasteiger partial charge in [0.15, 0.2) is 0 Å². The normalized spacial score (nSPS) is 11.4. The Balaban J connectivity index is 1.95. The first-order valence-electron chi connectivity index (χ1n) is 6.24. The van der Waals surface area contributed by atoms with Crippen molar-refractivity contribution in [1.82, 2.24) is 0 Å². The number of aliphatic hydroxyl groups is 1. The average Bonchev–Trinajstić information content (AvgIpc) is 2.48. The van der Waals surface area contributed by atoms with Gasteiger partial charge < -0.3 is 15.6 Å². The average molecular weight is 273 g/mol. The highest BCUT2D eigenvalue weighted by atomic mass is 19.1. The molecule has 0 atom stereocenters. The lowest BCUT2D eigenvalue weighted by Gasteiger charge is -2.06. The van der Waals surface area contributed by atoms with E-state index in [1.54, 1.807) is 30.3 Å². The van der Waals surface area contributed by atoms with Gasteiger partial charge in [-0.1, -0.05) is 24.3 Å². The highest BCUT2D eigenvalue weighted by molar-refractivity contribution is 5.52. The summed E-state index contributed by atoms with van der Waals surface area (Å²) in [7, 11) is 0. The van der Waals surface area contributed by atoms with Gasteiger partial charge >= 0.3 is 0 Å². The number of hydrogen-bond donors (Lipinski definition) is 2. The van der Waals surface area contributed by atoms with Gasteiger partial charge in [0, 0.05) is 0 Å². The summed E-state index contributed by atoms with van der Waals surface area (Å²) in [4.78, 5) is 0. The molecule has 0 saturated heterocycles. The third-order valence-electron chi connectivity index (χ3n) is 2.74. The Labute approximate surface area is 117 Å². The maximum absolute atomic E-state index is 12.8. The van der Waals surface area contributed by atoms with Crippen molar-refractivity contribution in [3.8, 4) is 5.75 Å². The summed E-state index contributed by atoms with van der Waals surface area (Å²) in [5, 5.41) is 9.33. The van der Waals surface area contributed by atoms with Crippen LogP contribution in [0.2, 0.25) is 0 Å². The van der Waals surface area contributed by atoms with Gasteiger partial charge in [0.1, 0.15) is 23.9 Å². The summed E-state index contributed by atoms with van der Waals surface area (Å²) in [5.74, 6) is 0.577. The predicted octanol–water partition coefficient (Wildman–Crippen LogP) is 3.26. The van der Waals surface area contributed by atoms with E-state index in [-0.39, 0.29) is 18.1 Å². The van der Waals surface area contributed by atoms with Gasteiger partial charge in [-0.25, -0.2) is 4.39 Å². The van der Waals surface area contributed by atoms with E-state index in [0.717, 1.165) is 11.1 Å². The molecule has 0 saturated carbocycles. The Bertz CT molecular complexity index is 576. The maximum atomic E-state index is 12.8. The van der Waals surface area contributed by atoms with Crippen LogP contribution in [0.4, 0.5) is 4.39 Å². The molecule has 3 N–H and O–H groups in total. The van der Waals surface area contributed by atoms with E-state index in [1.807, 2.05) is 12.1 Å². The fourth-order valence-corrected chi connectivity index (χ4v) is 1.66. The first-order chi connectivity index (χ1) is 9.67. The van der Waals surface area contributed by atoms with Gasteiger partial charge in [0.2, 0.25) is 0 Å². The van der Waals surface area contributed by atoms with E-state index in [1.165, 1.54) is 12.1 Å². The van der Waals surface area contributed by atoms with Crippen LogP contribution in [0.3, 0.4) is 0 Å². The Kier molecular flexibility index (Phi) is 4.74. The molecular weight excluding hydrogens is 257 g/mol. The van der Waals surface area contributed by atoms with Gasteiger partial charge in [-0.15, -0.1) is 0 Å². The molecule has 0 heterocycles. The van der Waals surface area contributed by atoms with E-state index in [4.69, 9.17) is 10.5 Å².